The van der Waals surface area contributed by atoms with E-state index in [4.69, 9.17) is 4.98 Å². The number of aromatic nitrogens is 4. The molecule has 0 atom stereocenters. The van der Waals surface area contributed by atoms with Crippen LogP contribution < -0.4 is 10.2 Å². The summed E-state index contributed by atoms with van der Waals surface area (Å²) in [6.45, 7) is 9.99. The topological polar surface area (TPSA) is 89.7 Å². The van der Waals surface area contributed by atoms with Crippen molar-refractivity contribution in [2.75, 3.05) is 18.0 Å². The number of H-pyrrole nitrogens is 2. The maximum absolute atomic E-state index is 12.1. The molecule has 2 aromatic carbocycles. The van der Waals surface area contributed by atoms with Crippen LogP contribution in [0.3, 0.4) is 0 Å². The normalized spacial score (nSPS) is 14.9. The molecule has 7 nitrogen and oxygen atoms in total. The minimum Gasteiger partial charge on any atom is -0.370 e. The molecule has 190 valence electrons. The van der Waals surface area contributed by atoms with Gasteiger partial charge in [0.1, 0.15) is 11.2 Å². The van der Waals surface area contributed by atoms with E-state index in [0.29, 0.717) is 12.1 Å². The van der Waals surface area contributed by atoms with Gasteiger partial charge in [-0.1, -0.05) is 31.7 Å². The molecule has 37 heavy (non-hydrogen) atoms. The number of carbonyl (C=O) groups excluding carboxylic acids is 1. The summed E-state index contributed by atoms with van der Waals surface area (Å²) in [6.07, 6.45) is 10.7. The number of hydrogen-bond donors (Lipinski definition) is 3. The standard InChI is InChI=1S/C30H34N6O/c1-4-11-27(37)31-22(6-3)18-20(5-2)21-14-15-24-23(19-21)28(35-34-24)30-32-25-12-10-13-26(29(25)33-30)36-16-8-7-9-17-36/h5-6,10,12-15,18-19H,3-4,7-9,11,16-17H2,1-2H3,(H,31,37)(H,32,33)(H,34,35)/b20-5+,22-18+. The Balaban J connectivity index is 1.51. The Labute approximate surface area is 217 Å². The van der Waals surface area contributed by atoms with Crippen LogP contribution in [0.4, 0.5) is 5.69 Å². The Morgan fingerprint density at radius 3 is 2.76 bits per heavy atom. The number of carbonyl (C=O) groups is 1. The third-order valence-corrected chi connectivity index (χ3v) is 6.91. The highest BCUT2D eigenvalue weighted by Crippen LogP contribution is 2.33. The smallest absolute Gasteiger partial charge is 0.224 e. The van der Waals surface area contributed by atoms with E-state index in [0.717, 1.165) is 64.1 Å². The summed E-state index contributed by atoms with van der Waals surface area (Å²) in [4.78, 5) is 23.1. The molecule has 0 spiro atoms. The number of para-hydroxylation sites is 1. The van der Waals surface area contributed by atoms with Crippen molar-refractivity contribution in [3.63, 3.8) is 0 Å². The SMILES string of the molecule is C=C/C(=C\C(=C/C)c1ccc2[nH]nc(-c3nc4c(N5CCCCC5)cccc4[nH]3)c2c1)NC(=O)CCC. The summed E-state index contributed by atoms with van der Waals surface area (Å²) >= 11 is 0. The molecule has 4 aromatic rings. The molecular formula is C30H34N6O. The van der Waals surface area contributed by atoms with Crippen molar-refractivity contribution in [2.45, 2.75) is 46.0 Å². The first-order chi connectivity index (χ1) is 18.1. The van der Waals surface area contributed by atoms with E-state index in [9.17, 15) is 4.79 Å². The maximum Gasteiger partial charge on any atom is 0.224 e. The van der Waals surface area contributed by atoms with Crippen molar-refractivity contribution in [3.05, 3.63) is 72.5 Å². The van der Waals surface area contributed by atoms with Gasteiger partial charge in [0, 0.05) is 30.6 Å². The molecule has 0 bridgehead atoms. The van der Waals surface area contributed by atoms with Crippen molar-refractivity contribution < 1.29 is 4.79 Å². The van der Waals surface area contributed by atoms with E-state index in [1.165, 1.54) is 24.9 Å². The van der Waals surface area contributed by atoms with Crippen molar-refractivity contribution in [2.24, 2.45) is 0 Å². The monoisotopic (exact) mass is 494 g/mol. The highest BCUT2D eigenvalue weighted by atomic mass is 16.1. The Bertz CT molecular complexity index is 1500. The van der Waals surface area contributed by atoms with Crippen LogP contribution in [0.1, 0.15) is 51.5 Å². The Kier molecular flexibility index (Phi) is 7.21. The van der Waals surface area contributed by atoms with Gasteiger partial charge in [0.25, 0.3) is 0 Å². The van der Waals surface area contributed by atoms with Crippen molar-refractivity contribution in [3.8, 4) is 11.5 Å². The second kappa shape index (κ2) is 10.9. The molecule has 3 N–H and O–H groups in total. The number of nitrogens with one attached hydrogen (secondary N) is 3. The lowest BCUT2D eigenvalue weighted by molar-refractivity contribution is -0.120. The first kappa shape index (κ1) is 24.6. The molecule has 0 saturated carbocycles. The highest BCUT2D eigenvalue weighted by molar-refractivity contribution is 5.97. The van der Waals surface area contributed by atoms with Gasteiger partial charge in [-0.25, -0.2) is 4.98 Å². The highest BCUT2D eigenvalue weighted by Gasteiger charge is 2.19. The van der Waals surface area contributed by atoms with E-state index in [1.54, 1.807) is 6.08 Å². The molecule has 1 aliphatic rings. The number of imidazole rings is 1. The molecular weight excluding hydrogens is 460 g/mol. The van der Waals surface area contributed by atoms with E-state index < -0.39 is 0 Å². The minimum atomic E-state index is -0.00881. The molecule has 1 fully saturated rings. The predicted molar refractivity (Wildman–Crippen MR) is 152 cm³/mol. The van der Waals surface area contributed by atoms with E-state index in [2.05, 4.69) is 62.3 Å². The van der Waals surface area contributed by atoms with Gasteiger partial charge in [-0.15, -0.1) is 0 Å². The molecule has 0 aliphatic carbocycles. The molecule has 1 amide bonds. The first-order valence-corrected chi connectivity index (χ1v) is 13.1. The number of rotatable bonds is 8. The van der Waals surface area contributed by atoms with Crippen LogP contribution in [0, 0.1) is 0 Å². The molecule has 7 heteroatoms. The van der Waals surface area contributed by atoms with Crippen LogP contribution in [-0.2, 0) is 4.79 Å². The molecule has 0 radical (unpaired) electrons. The maximum atomic E-state index is 12.1. The van der Waals surface area contributed by atoms with Gasteiger partial charge in [-0.3, -0.25) is 9.89 Å². The summed E-state index contributed by atoms with van der Waals surface area (Å²) < 4.78 is 0. The van der Waals surface area contributed by atoms with Gasteiger partial charge < -0.3 is 15.2 Å². The third kappa shape index (κ3) is 5.07. The zero-order valence-corrected chi connectivity index (χ0v) is 21.6. The van der Waals surface area contributed by atoms with E-state index >= 15 is 0 Å². The Morgan fingerprint density at radius 1 is 1.16 bits per heavy atom. The fraction of sp³-hybridized carbons (Fsp3) is 0.300. The second-order valence-corrected chi connectivity index (χ2v) is 9.48. The number of amides is 1. The van der Waals surface area contributed by atoms with Crippen LogP contribution in [0.15, 0.2) is 66.9 Å². The molecule has 1 aliphatic heterocycles. The average molecular weight is 495 g/mol. The van der Waals surface area contributed by atoms with Crippen molar-refractivity contribution in [1.29, 1.82) is 0 Å². The summed E-state index contributed by atoms with van der Waals surface area (Å²) in [5.41, 5.74) is 7.60. The number of nitrogens with zero attached hydrogens (tertiary/aromatic N) is 3. The van der Waals surface area contributed by atoms with Gasteiger partial charge in [0.15, 0.2) is 5.82 Å². The summed E-state index contributed by atoms with van der Waals surface area (Å²) in [5.74, 6) is 0.740. The lowest BCUT2D eigenvalue weighted by atomic mass is 10.0. The number of allylic oxidation sites excluding steroid dienone is 4. The Hall–Kier alpha value is -4.13. The lowest BCUT2D eigenvalue weighted by Crippen LogP contribution is -2.29. The largest absolute Gasteiger partial charge is 0.370 e. The summed E-state index contributed by atoms with van der Waals surface area (Å²) in [7, 11) is 0. The number of aromatic amines is 2. The zero-order valence-electron chi connectivity index (χ0n) is 21.6. The van der Waals surface area contributed by atoms with Gasteiger partial charge in [0.2, 0.25) is 5.91 Å². The molecule has 5 rings (SSSR count). The Morgan fingerprint density at radius 2 is 2.00 bits per heavy atom. The number of fused-ring (bicyclic) bond motifs is 2. The molecule has 1 saturated heterocycles. The average Bonchev–Trinajstić information content (AvgIpc) is 3.55. The zero-order chi connectivity index (χ0) is 25.8. The first-order valence-electron chi connectivity index (χ1n) is 13.1. The van der Waals surface area contributed by atoms with Crippen molar-refractivity contribution in [1.82, 2.24) is 25.5 Å². The number of benzene rings is 2. The number of hydrogen-bond acceptors (Lipinski definition) is 4. The molecule has 3 heterocycles. The van der Waals surface area contributed by atoms with Crippen LogP contribution in [-0.4, -0.2) is 39.2 Å². The van der Waals surface area contributed by atoms with Crippen LogP contribution in [0.5, 0.6) is 0 Å². The van der Waals surface area contributed by atoms with E-state index in [-0.39, 0.29) is 5.91 Å². The lowest BCUT2D eigenvalue weighted by Gasteiger charge is -2.28. The summed E-state index contributed by atoms with van der Waals surface area (Å²) in [6, 6.07) is 12.5. The van der Waals surface area contributed by atoms with Gasteiger partial charge in [0.05, 0.1) is 16.7 Å². The van der Waals surface area contributed by atoms with Gasteiger partial charge in [-0.2, -0.15) is 5.10 Å². The van der Waals surface area contributed by atoms with Crippen LogP contribution in [0.25, 0.3) is 39.0 Å². The third-order valence-electron chi connectivity index (χ3n) is 6.91. The number of anilines is 1. The molecule has 0 unspecified atom stereocenters. The fourth-order valence-electron chi connectivity index (χ4n) is 4.99. The van der Waals surface area contributed by atoms with Crippen molar-refractivity contribution >= 4 is 39.1 Å². The predicted octanol–water partition coefficient (Wildman–Crippen LogP) is 6.49. The number of piperidine rings is 1. The van der Waals surface area contributed by atoms with Crippen LogP contribution in [0.2, 0.25) is 0 Å². The van der Waals surface area contributed by atoms with E-state index in [1.807, 2.05) is 32.1 Å². The minimum absolute atomic E-state index is 0.00881. The van der Waals surface area contributed by atoms with Gasteiger partial charge in [-0.05, 0) is 80.2 Å². The van der Waals surface area contributed by atoms with Gasteiger partial charge >= 0.3 is 0 Å². The summed E-state index contributed by atoms with van der Waals surface area (Å²) in [5, 5.41) is 11.7. The fourth-order valence-corrected chi connectivity index (χ4v) is 4.99. The van der Waals surface area contributed by atoms with Crippen LogP contribution >= 0.6 is 0 Å². The molecule has 2 aromatic heterocycles. The second-order valence-electron chi connectivity index (χ2n) is 9.48. The quantitative estimate of drug-likeness (QED) is 0.244.